The van der Waals surface area contributed by atoms with Crippen molar-refractivity contribution in [1.82, 2.24) is 29.4 Å². The Morgan fingerprint density at radius 3 is 2.61 bits per heavy atom. The largest absolute Gasteiger partial charge is 0.444 e. The molecule has 11 nitrogen and oxygen atoms in total. The van der Waals surface area contributed by atoms with E-state index >= 15 is 0 Å². The lowest BCUT2D eigenvalue weighted by molar-refractivity contribution is 0.0203. The first-order chi connectivity index (χ1) is 19.4. The number of hydrogen-bond donors (Lipinski definition) is 2. The minimum atomic E-state index is -3.69. The van der Waals surface area contributed by atoms with E-state index in [2.05, 4.69) is 25.1 Å². The number of carbonyl (C=O) groups is 1. The highest BCUT2D eigenvalue weighted by Gasteiger charge is 2.29. The lowest BCUT2D eigenvalue weighted by Gasteiger charge is -2.33. The predicted molar refractivity (Wildman–Crippen MR) is 153 cm³/mol. The number of carbonyl (C=O) groups excluding carboxylic acids is 1. The second-order valence-electron chi connectivity index (χ2n) is 10.9. The molecule has 2 N–H and O–H groups in total. The molecule has 0 radical (unpaired) electrons. The van der Waals surface area contributed by atoms with Crippen LogP contribution in [0, 0.1) is 5.82 Å². The van der Waals surface area contributed by atoms with Crippen molar-refractivity contribution >= 4 is 38.5 Å². The molecule has 0 bridgehead atoms. The minimum absolute atomic E-state index is 0.230. The van der Waals surface area contributed by atoms with Gasteiger partial charge in [0.25, 0.3) is 0 Å². The van der Waals surface area contributed by atoms with Crippen molar-refractivity contribution in [3.8, 4) is 5.69 Å². The Kier molecular flexibility index (Phi) is 7.91. The van der Waals surface area contributed by atoms with E-state index < -0.39 is 27.5 Å². The van der Waals surface area contributed by atoms with Crippen LogP contribution in [0.3, 0.4) is 0 Å². The van der Waals surface area contributed by atoms with Gasteiger partial charge >= 0.3 is 6.09 Å². The summed E-state index contributed by atoms with van der Waals surface area (Å²) < 4.78 is 50.3. The summed E-state index contributed by atoms with van der Waals surface area (Å²) in [5.74, 6) is -0.412. The highest BCUT2D eigenvalue weighted by molar-refractivity contribution is 7.88. The number of rotatable bonds is 7. The molecule has 1 amide bonds. The summed E-state index contributed by atoms with van der Waals surface area (Å²) in [6.07, 6.45) is 5.52. The third-order valence-electron chi connectivity index (χ3n) is 6.45. The molecule has 5 rings (SSSR count). The zero-order chi connectivity index (χ0) is 29.2. The van der Waals surface area contributed by atoms with Crippen molar-refractivity contribution in [2.45, 2.75) is 51.0 Å². The second kappa shape index (κ2) is 11.4. The van der Waals surface area contributed by atoms with Gasteiger partial charge < -0.3 is 15.0 Å². The number of nitrogens with one attached hydrogen (secondary N) is 2. The van der Waals surface area contributed by atoms with Crippen molar-refractivity contribution in [3.05, 3.63) is 72.6 Å². The number of sulfonamides is 1. The Balaban J connectivity index is 1.22. The molecule has 41 heavy (non-hydrogen) atoms. The van der Waals surface area contributed by atoms with Crippen LogP contribution in [0.2, 0.25) is 0 Å². The summed E-state index contributed by atoms with van der Waals surface area (Å²) in [7, 11) is -3.69. The van der Waals surface area contributed by atoms with E-state index in [1.807, 2.05) is 20.8 Å². The Morgan fingerprint density at radius 1 is 1.15 bits per heavy atom. The van der Waals surface area contributed by atoms with E-state index in [0.717, 1.165) is 0 Å². The van der Waals surface area contributed by atoms with Gasteiger partial charge in [-0.05, 0) is 63.9 Å². The summed E-state index contributed by atoms with van der Waals surface area (Å²) >= 11 is 0. The highest BCUT2D eigenvalue weighted by Crippen LogP contribution is 2.24. The first-order valence-electron chi connectivity index (χ1n) is 13.2. The van der Waals surface area contributed by atoms with Crippen molar-refractivity contribution in [1.29, 1.82) is 0 Å². The van der Waals surface area contributed by atoms with Crippen LogP contribution in [-0.2, 0) is 20.5 Å². The van der Waals surface area contributed by atoms with Crippen LogP contribution in [0.1, 0.15) is 39.3 Å². The SMILES string of the molecule is CC(C)(C)OC(=O)N1CCC(NS(=O)(=O)Cc2ccc3cnc(Nc4ccc(-n5cccn5)cc4F)cc3n2)CC1. The van der Waals surface area contributed by atoms with Crippen LogP contribution in [0.5, 0.6) is 0 Å². The predicted octanol–water partition coefficient (Wildman–Crippen LogP) is 4.52. The third kappa shape index (κ3) is 7.35. The number of pyridine rings is 2. The number of aromatic nitrogens is 4. The average Bonchev–Trinajstić information content (AvgIpc) is 3.44. The van der Waals surface area contributed by atoms with Crippen molar-refractivity contribution in [2.75, 3.05) is 18.4 Å². The molecule has 4 aromatic rings. The number of ether oxygens (including phenoxy) is 1. The molecule has 1 aromatic carbocycles. The smallest absolute Gasteiger partial charge is 0.410 e. The Morgan fingerprint density at radius 2 is 1.93 bits per heavy atom. The summed E-state index contributed by atoms with van der Waals surface area (Å²) in [5.41, 5.74) is 1.11. The van der Waals surface area contributed by atoms with Gasteiger partial charge in [-0.3, -0.25) is 4.98 Å². The lowest BCUT2D eigenvalue weighted by atomic mass is 10.1. The van der Waals surface area contributed by atoms with E-state index in [9.17, 15) is 17.6 Å². The van der Waals surface area contributed by atoms with Crippen LogP contribution in [0.4, 0.5) is 20.7 Å². The van der Waals surface area contributed by atoms with Gasteiger partial charge in [0.2, 0.25) is 10.0 Å². The zero-order valence-electron chi connectivity index (χ0n) is 23.0. The molecule has 0 saturated carbocycles. The maximum absolute atomic E-state index is 14.8. The molecule has 4 heterocycles. The Hall–Kier alpha value is -4.10. The first kappa shape index (κ1) is 28.4. The van der Waals surface area contributed by atoms with E-state index in [-0.39, 0.29) is 17.5 Å². The molecule has 1 fully saturated rings. The fraction of sp³-hybridized carbons (Fsp3) is 0.357. The molecule has 0 unspecified atom stereocenters. The molecular formula is C28H32FN7O4S. The molecule has 1 aliphatic rings. The van der Waals surface area contributed by atoms with Crippen molar-refractivity contribution in [2.24, 2.45) is 0 Å². The topological polar surface area (TPSA) is 131 Å². The molecule has 0 aliphatic carbocycles. The van der Waals surface area contributed by atoms with Gasteiger partial charge in [-0.25, -0.2) is 32.0 Å². The standard InChI is InChI=1S/C28H32FN7O4S/c1-28(2,3)40-27(37)35-13-9-20(10-14-35)34-41(38,39)18-21-6-5-19-17-30-26(16-25(19)32-21)33-24-8-7-22(15-23(24)29)36-12-4-11-31-36/h4-8,11-12,15-17,20,34H,9-10,13-14,18H2,1-3H3,(H,30,33). The van der Waals surface area contributed by atoms with Crippen LogP contribution in [-0.4, -0.2) is 63.9 Å². The van der Waals surface area contributed by atoms with Crippen LogP contribution >= 0.6 is 0 Å². The van der Waals surface area contributed by atoms with E-state index in [1.165, 1.54) is 6.07 Å². The zero-order valence-corrected chi connectivity index (χ0v) is 23.9. The van der Waals surface area contributed by atoms with Gasteiger partial charge in [0.15, 0.2) is 0 Å². The number of anilines is 2. The van der Waals surface area contributed by atoms with Crippen molar-refractivity contribution in [3.63, 3.8) is 0 Å². The molecule has 216 valence electrons. The molecular weight excluding hydrogens is 549 g/mol. The molecule has 0 atom stereocenters. The number of halogens is 1. The normalized spacial score (nSPS) is 14.8. The monoisotopic (exact) mass is 581 g/mol. The third-order valence-corrected chi connectivity index (χ3v) is 7.81. The second-order valence-corrected chi connectivity index (χ2v) is 12.7. The maximum Gasteiger partial charge on any atom is 0.410 e. The Labute approximate surface area is 237 Å². The van der Waals surface area contributed by atoms with Crippen LogP contribution in [0.25, 0.3) is 16.6 Å². The number of likely N-dealkylation sites (tertiary alicyclic amines) is 1. The van der Waals surface area contributed by atoms with E-state index in [4.69, 9.17) is 4.74 Å². The maximum atomic E-state index is 14.8. The fourth-order valence-electron chi connectivity index (χ4n) is 4.51. The lowest BCUT2D eigenvalue weighted by Crippen LogP contribution is -2.47. The van der Waals surface area contributed by atoms with Gasteiger partial charge in [-0.2, -0.15) is 5.10 Å². The number of piperidine rings is 1. The molecule has 3 aromatic heterocycles. The summed E-state index contributed by atoms with van der Waals surface area (Å²) in [5, 5.41) is 7.78. The van der Waals surface area contributed by atoms with Gasteiger partial charge in [-0.15, -0.1) is 0 Å². The average molecular weight is 582 g/mol. The van der Waals surface area contributed by atoms with Gasteiger partial charge in [-0.1, -0.05) is 0 Å². The number of fused-ring (bicyclic) bond motifs is 1. The summed E-state index contributed by atoms with van der Waals surface area (Å²) in [6.45, 7) is 6.24. The Bertz CT molecular complexity index is 1650. The van der Waals surface area contributed by atoms with Crippen molar-refractivity contribution < 1.29 is 22.3 Å². The molecule has 13 heteroatoms. The molecule has 0 spiro atoms. The molecule has 1 saturated heterocycles. The van der Waals surface area contributed by atoms with Gasteiger partial charge in [0.05, 0.1) is 22.6 Å². The first-order valence-corrected chi connectivity index (χ1v) is 14.9. The van der Waals surface area contributed by atoms with E-state index in [1.54, 1.807) is 64.6 Å². The van der Waals surface area contributed by atoms with Crippen LogP contribution in [0.15, 0.2) is 61.1 Å². The highest BCUT2D eigenvalue weighted by atomic mass is 32.2. The van der Waals surface area contributed by atoms with Gasteiger partial charge in [0.1, 0.15) is 23.0 Å². The summed E-state index contributed by atoms with van der Waals surface area (Å²) in [4.78, 5) is 22.7. The number of benzene rings is 1. The number of hydrogen-bond acceptors (Lipinski definition) is 8. The van der Waals surface area contributed by atoms with Gasteiger partial charge in [0, 0.05) is 55.2 Å². The fourth-order valence-corrected chi connectivity index (χ4v) is 5.89. The summed E-state index contributed by atoms with van der Waals surface area (Å²) in [6, 6.07) is 11.2. The minimum Gasteiger partial charge on any atom is -0.444 e. The van der Waals surface area contributed by atoms with Crippen LogP contribution < -0.4 is 10.0 Å². The quantitative estimate of drug-likeness (QED) is 0.326. The number of amides is 1. The number of nitrogens with zero attached hydrogens (tertiary/aromatic N) is 5. The molecule has 1 aliphatic heterocycles. The van der Waals surface area contributed by atoms with E-state index in [0.29, 0.717) is 54.0 Å².